The van der Waals surface area contributed by atoms with Crippen molar-refractivity contribution in [3.8, 4) is 0 Å². The molecule has 0 aliphatic heterocycles. The van der Waals surface area contributed by atoms with Crippen LogP contribution < -0.4 is 5.32 Å². The van der Waals surface area contributed by atoms with Crippen molar-refractivity contribution >= 4 is 40.3 Å². The maximum absolute atomic E-state index is 11.3. The summed E-state index contributed by atoms with van der Waals surface area (Å²) in [6, 6.07) is 15.8. The van der Waals surface area contributed by atoms with Crippen LogP contribution in [0.15, 0.2) is 71.7 Å². The molecular weight excluding hydrogens is 394 g/mol. The minimum Gasteiger partial charge on any atom is -0.348 e. The Hall–Kier alpha value is -4.67. The molecule has 0 bridgehead atoms. The molecule has 0 saturated heterocycles. The van der Waals surface area contributed by atoms with Gasteiger partial charge in [-0.2, -0.15) is 0 Å². The Morgan fingerprint density at radius 3 is 2.00 bits per heavy atom. The van der Waals surface area contributed by atoms with Gasteiger partial charge in [-0.15, -0.1) is 0 Å². The number of nitro benzene ring substituents is 3. The maximum Gasteiger partial charge on any atom is 0.299 e. The van der Waals surface area contributed by atoms with Gasteiger partial charge in [0.1, 0.15) is 5.69 Å². The maximum atomic E-state index is 11.3. The summed E-state index contributed by atoms with van der Waals surface area (Å²) in [5, 5.41) is 35.8. The standard InChI is InChI=1S/C19H13N5O6/c25-22(26)14-7-5-13(6-8-14)12-20-16-3-1-2-4-17(16)21-18-10-9-15(23(27)28)11-19(18)24(29)30/h1-12,21H. The SMILES string of the molecule is O=[N+]([O-])c1ccc(C=Nc2ccccc2Nc2ccc([N+](=O)[O-])cc2[N+](=O)[O-])cc1. The number of nitrogens with one attached hydrogen (secondary N) is 1. The Kier molecular flexibility index (Phi) is 5.73. The van der Waals surface area contributed by atoms with Crippen molar-refractivity contribution in [3.63, 3.8) is 0 Å². The van der Waals surface area contributed by atoms with Crippen LogP contribution in [-0.2, 0) is 0 Å². The number of nitro groups is 3. The Morgan fingerprint density at radius 1 is 0.733 bits per heavy atom. The van der Waals surface area contributed by atoms with Crippen molar-refractivity contribution in [2.45, 2.75) is 0 Å². The zero-order valence-electron chi connectivity index (χ0n) is 15.2. The lowest BCUT2D eigenvalue weighted by molar-refractivity contribution is -0.393. The van der Waals surface area contributed by atoms with E-state index >= 15 is 0 Å². The predicted octanol–water partition coefficient (Wildman–Crippen LogP) is 4.91. The second-order valence-corrected chi connectivity index (χ2v) is 5.96. The van der Waals surface area contributed by atoms with Gasteiger partial charge in [-0.1, -0.05) is 12.1 Å². The van der Waals surface area contributed by atoms with E-state index in [0.29, 0.717) is 16.9 Å². The first kappa shape index (κ1) is 20.1. The van der Waals surface area contributed by atoms with Crippen LogP contribution in [0.4, 0.5) is 34.1 Å². The zero-order valence-corrected chi connectivity index (χ0v) is 15.2. The van der Waals surface area contributed by atoms with E-state index < -0.39 is 26.1 Å². The van der Waals surface area contributed by atoms with Crippen LogP contribution in [0.25, 0.3) is 0 Å². The van der Waals surface area contributed by atoms with Crippen molar-refractivity contribution in [1.82, 2.24) is 0 Å². The van der Waals surface area contributed by atoms with Crippen LogP contribution in [0.2, 0.25) is 0 Å². The third-order valence-electron chi connectivity index (χ3n) is 4.02. The van der Waals surface area contributed by atoms with Gasteiger partial charge in [0.15, 0.2) is 0 Å². The molecule has 0 aromatic heterocycles. The lowest BCUT2D eigenvalue weighted by Crippen LogP contribution is -1.99. The van der Waals surface area contributed by atoms with Crippen molar-refractivity contribution in [3.05, 3.63) is 103 Å². The third kappa shape index (κ3) is 4.59. The van der Waals surface area contributed by atoms with E-state index in [0.717, 1.165) is 12.1 Å². The molecule has 0 fully saturated rings. The highest BCUT2D eigenvalue weighted by Gasteiger charge is 2.20. The molecule has 0 atom stereocenters. The number of aliphatic imine (C=N–C) groups is 1. The monoisotopic (exact) mass is 407 g/mol. The first-order valence-corrected chi connectivity index (χ1v) is 8.42. The quantitative estimate of drug-likeness (QED) is 0.331. The molecule has 0 aliphatic carbocycles. The van der Waals surface area contributed by atoms with E-state index in [9.17, 15) is 30.3 Å². The van der Waals surface area contributed by atoms with Crippen LogP contribution in [0.5, 0.6) is 0 Å². The largest absolute Gasteiger partial charge is 0.348 e. The van der Waals surface area contributed by atoms with Crippen LogP contribution in [0, 0.1) is 30.3 Å². The lowest BCUT2D eigenvalue weighted by atomic mass is 10.2. The van der Waals surface area contributed by atoms with Gasteiger partial charge in [-0.25, -0.2) is 0 Å². The summed E-state index contributed by atoms with van der Waals surface area (Å²) in [5.41, 5.74) is 0.700. The van der Waals surface area contributed by atoms with E-state index in [2.05, 4.69) is 10.3 Å². The molecular formula is C19H13N5O6. The fourth-order valence-corrected chi connectivity index (χ4v) is 2.55. The molecule has 0 spiro atoms. The summed E-state index contributed by atoms with van der Waals surface area (Å²) in [4.78, 5) is 35.3. The Balaban J connectivity index is 1.90. The second-order valence-electron chi connectivity index (χ2n) is 5.96. The van der Waals surface area contributed by atoms with Gasteiger partial charge in [-0.3, -0.25) is 35.3 Å². The van der Waals surface area contributed by atoms with Crippen molar-refractivity contribution < 1.29 is 14.8 Å². The average Bonchev–Trinajstić information content (AvgIpc) is 2.73. The van der Waals surface area contributed by atoms with Gasteiger partial charge in [0.25, 0.3) is 17.1 Å². The highest BCUT2D eigenvalue weighted by atomic mass is 16.6. The fraction of sp³-hybridized carbons (Fsp3) is 0. The molecule has 11 heteroatoms. The molecule has 0 unspecified atom stereocenters. The molecule has 11 nitrogen and oxygen atoms in total. The summed E-state index contributed by atoms with van der Waals surface area (Å²) in [6.07, 6.45) is 1.49. The number of para-hydroxylation sites is 2. The fourth-order valence-electron chi connectivity index (χ4n) is 2.55. The molecule has 0 heterocycles. The highest BCUT2D eigenvalue weighted by molar-refractivity contribution is 5.86. The number of non-ortho nitro benzene ring substituents is 2. The van der Waals surface area contributed by atoms with Crippen LogP contribution in [-0.4, -0.2) is 21.0 Å². The highest BCUT2D eigenvalue weighted by Crippen LogP contribution is 2.34. The van der Waals surface area contributed by atoms with Gasteiger partial charge in [0.05, 0.1) is 32.2 Å². The number of anilines is 2. The first-order chi connectivity index (χ1) is 14.3. The van der Waals surface area contributed by atoms with Crippen molar-refractivity contribution in [1.29, 1.82) is 0 Å². The van der Waals surface area contributed by atoms with Crippen molar-refractivity contribution in [2.24, 2.45) is 4.99 Å². The predicted molar refractivity (Wildman–Crippen MR) is 110 cm³/mol. The summed E-state index contributed by atoms with van der Waals surface area (Å²) < 4.78 is 0. The van der Waals surface area contributed by atoms with Gasteiger partial charge in [0.2, 0.25) is 0 Å². The second kappa shape index (κ2) is 8.56. The molecule has 3 aromatic carbocycles. The topological polar surface area (TPSA) is 154 Å². The summed E-state index contributed by atoms with van der Waals surface area (Å²) in [5.74, 6) is 0. The summed E-state index contributed by atoms with van der Waals surface area (Å²) in [7, 11) is 0. The van der Waals surface area contributed by atoms with E-state index in [1.807, 2.05) is 0 Å². The molecule has 3 rings (SSSR count). The zero-order chi connectivity index (χ0) is 21.7. The number of rotatable bonds is 7. The molecule has 0 saturated carbocycles. The minimum atomic E-state index is -0.710. The first-order valence-electron chi connectivity index (χ1n) is 8.42. The third-order valence-corrected chi connectivity index (χ3v) is 4.02. The number of hydrogen-bond donors (Lipinski definition) is 1. The van der Waals surface area contributed by atoms with Crippen LogP contribution in [0.3, 0.4) is 0 Å². The van der Waals surface area contributed by atoms with Crippen molar-refractivity contribution in [2.75, 3.05) is 5.32 Å². The smallest absolute Gasteiger partial charge is 0.299 e. The minimum absolute atomic E-state index is 0.0419. The molecule has 150 valence electrons. The molecule has 30 heavy (non-hydrogen) atoms. The summed E-state index contributed by atoms with van der Waals surface area (Å²) >= 11 is 0. The van der Waals surface area contributed by atoms with Crippen LogP contribution in [0.1, 0.15) is 5.56 Å². The molecule has 1 N–H and O–H groups in total. The Labute approximate surface area is 168 Å². The van der Waals surface area contributed by atoms with E-state index in [-0.39, 0.29) is 11.4 Å². The normalized spacial score (nSPS) is 10.7. The van der Waals surface area contributed by atoms with E-state index in [4.69, 9.17) is 0 Å². The van der Waals surface area contributed by atoms with Gasteiger partial charge in [0, 0.05) is 24.4 Å². The molecule has 0 radical (unpaired) electrons. The van der Waals surface area contributed by atoms with Gasteiger partial charge < -0.3 is 5.32 Å². The van der Waals surface area contributed by atoms with E-state index in [1.165, 1.54) is 24.4 Å². The lowest BCUT2D eigenvalue weighted by Gasteiger charge is -2.09. The van der Waals surface area contributed by atoms with E-state index in [1.54, 1.807) is 36.4 Å². The Bertz CT molecular complexity index is 1160. The molecule has 0 amide bonds. The molecule has 0 aliphatic rings. The number of nitrogens with zero attached hydrogens (tertiary/aromatic N) is 4. The molecule has 3 aromatic rings. The average molecular weight is 407 g/mol. The van der Waals surface area contributed by atoms with Gasteiger partial charge >= 0.3 is 0 Å². The summed E-state index contributed by atoms with van der Waals surface area (Å²) in [6.45, 7) is 0. The van der Waals surface area contributed by atoms with Crippen LogP contribution >= 0.6 is 0 Å². The number of benzene rings is 3. The number of hydrogen-bond acceptors (Lipinski definition) is 8. The Morgan fingerprint density at radius 2 is 1.37 bits per heavy atom. The van der Waals surface area contributed by atoms with Gasteiger partial charge in [-0.05, 0) is 35.9 Å².